The fourth-order valence-electron chi connectivity index (χ4n) is 3.24. The molecule has 8 heteroatoms. The second kappa shape index (κ2) is 9.37. The molecule has 0 fully saturated rings. The zero-order valence-corrected chi connectivity index (χ0v) is 17.6. The lowest BCUT2D eigenvalue weighted by Crippen LogP contribution is -2.16. The van der Waals surface area contributed by atoms with Crippen molar-refractivity contribution in [2.75, 3.05) is 11.1 Å². The lowest BCUT2D eigenvalue weighted by Gasteiger charge is -2.07. The van der Waals surface area contributed by atoms with Crippen LogP contribution in [-0.4, -0.2) is 21.8 Å². The molecule has 6 N–H and O–H groups in total. The smallest absolute Gasteiger partial charge is 0.277 e. The van der Waals surface area contributed by atoms with E-state index in [1.54, 1.807) is 72.8 Å². The monoisotopic (exact) mass is 442 g/mol. The maximum Gasteiger partial charge on any atom is 0.277 e. The summed E-state index contributed by atoms with van der Waals surface area (Å²) in [6.45, 7) is 0. The highest BCUT2D eigenvalue weighted by Crippen LogP contribution is 2.19. The third-order valence-electron chi connectivity index (χ3n) is 5.04. The maximum absolute atomic E-state index is 12.6. The number of carbonyl (C=O) groups is 2. The summed E-state index contributed by atoms with van der Waals surface area (Å²) in [5.41, 5.74) is 14.9. The Balaban J connectivity index is 1.38. The van der Waals surface area contributed by atoms with Gasteiger partial charge >= 0.3 is 0 Å². The van der Waals surface area contributed by atoms with Gasteiger partial charge in [0.15, 0.2) is 11.5 Å². The molecule has 0 bridgehead atoms. The van der Waals surface area contributed by atoms with Gasteiger partial charge in [-0.15, -0.1) is 0 Å². The largest absolute Gasteiger partial charge is 0.508 e. The molecule has 8 nitrogen and oxygen atoms in total. The molecule has 4 rings (SSSR count). The molecule has 1 unspecified atom stereocenters. The highest BCUT2D eigenvalue weighted by molar-refractivity contribution is 6.09. The van der Waals surface area contributed by atoms with Crippen molar-refractivity contribution in [2.45, 2.75) is 12.5 Å². The van der Waals surface area contributed by atoms with Gasteiger partial charge in [-0.05, 0) is 72.6 Å². The molecule has 4 aromatic rings. The van der Waals surface area contributed by atoms with Crippen molar-refractivity contribution in [1.29, 1.82) is 0 Å². The Bertz CT molecular complexity index is 1260. The predicted molar refractivity (Wildman–Crippen MR) is 124 cm³/mol. The summed E-state index contributed by atoms with van der Waals surface area (Å²) in [6, 6.07) is 19.3. The number of oxazole rings is 1. The molecule has 0 saturated heterocycles. The second-order valence-electron chi connectivity index (χ2n) is 7.53. The van der Waals surface area contributed by atoms with E-state index in [0.717, 1.165) is 5.56 Å². The van der Waals surface area contributed by atoms with Crippen LogP contribution < -0.4 is 16.8 Å². The summed E-state index contributed by atoms with van der Waals surface area (Å²) in [4.78, 5) is 29.3. The van der Waals surface area contributed by atoms with Gasteiger partial charge in [0.25, 0.3) is 5.91 Å². The van der Waals surface area contributed by atoms with Crippen LogP contribution in [0.2, 0.25) is 0 Å². The summed E-state index contributed by atoms with van der Waals surface area (Å²) in [7, 11) is 0. The normalized spacial score (nSPS) is 11.7. The Kier molecular flexibility index (Phi) is 6.19. The highest BCUT2D eigenvalue weighted by Gasteiger charge is 2.18. The standard InChI is InChI=1S/C25H22N4O4/c26-18-7-3-16(4-8-18)23(31)17-5-9-19(10-6-17)28-24(32)22-14-33-25(29-22)21(27)13-15-1-11-20(30)12-2-15/h1-12,14,21,30H,13,26-27H2,(H,28,32). The van der Waals surface area contributed by atoms with E-state index < -0.39 is 11.9 Å². The third kappa shape index (κ3) is 5.25. The van der Waals surface area contributed by atoms with Gasteiger partial charge in [0, 0.05) is 22.5 Å². The number of aromatic hydroxyl groups is 1. The van der Waals surface area contributed by atoms with Crippen molar-refractivity contribution in [2.24, 2.45) is 5.73 Å². The van der Waals surface area contributed by atoms with E-state index in [9.17, 15) is 14.7 Å². The molecule has 0 aliphatic carbocycles. The summed E-state index contributed by atoms with van der Waals surface area (Å²) in [5.74, 6) is -0.196. The van der Waals surface area contributed by atoms with E-state index in [1.807, 2.05) is 0 Å². The number of rotatable bonds is 7. The Morgan fingerprint density at radius 1 is 0.939 bits per heavy atom. The number of amides is 1. The number of hydrogen-bond acceptors (Lipinski definition) is 7. The number of anilines is 2. The SMILES string of the molecule is Nc1ccc(C(=O)c2ccc(NC(=O)c3coc(C(N)Cc4ccc(O)cc4)n3)cc2)cc1. The van der Waals surface area contributed by atoms with E-state index in [-0.39, 0.29) is 23.1 Å². The number of phenolic OH excluding ortho intramolecular Hbond substituents is 1. The Morgan fingerprint density at radius 2 is 1.55 bits per heavy atom. The molecule has 1 atom stereocenters. The van der Waals surface area contributed by atoms with Crippen LogP contribution in [-0.2, 0) is 6.42 Å². The van der Waals surface area contributed by atoms with Gasteiger partial charge in [-0.2, -0.15) is 0 Å². The number of benzene rings is 3. The van der Waals surface area contributed by atoms with E-state index in [2.05, 4.69) is 10.3 Å². The van der Waals surface area contributed by atoms with Crippen LogP contribution in [0.15, 0.2) is 83.5 Å². The molecule has 1 heterocycles. The average Bonchev–Trinajstić information content (AvgIpc) is 3.32. The van der Waals surface area contributed by atoms with Gasteiger partial charge < -0.3 is 26.3 Å². The third-order valence-corrected chi connectivity index (χ3v) is 5.04. The van der Waals surface area contributed by atoms with E-state index in [1.165, 1.54) is 6.26 Å². The van der Waals surface area contributed by atoms with Crippen molar-refractivity contribution < 1.29 is 19.1 Å². The first kappa shape index (κ1) is 21.8. The van der Waals surface area contributed by atoms with Crippen molar-refractivity contribution in [1.82, 2.24) is 4.98 Å². The van der Waals surface area contributed by atoms with Crippen LogP contribution in [0, 0.1) is 0 Å². The Morgan fingerprint density at radius 3 is 2.18 bits per heavy atom. The first-order chi connectivity index (χ1) is 15.9. The summed E-state index contributed by atoms with van der Waals surface area (Å²) in [5, 5.41) is 12.1. The zero-order chi connectivity index (χ0) is 23.4. The van der Waals surface area contributed by atoms with Crippen molar-refractivity contribution >= 4 is 23.1 Å². The van der Waals surface area contributed by atoms with E-state index in [4.69, 9.17) is 15.9 Å². The fourth-order valence-corrected chi connectivity index (χ4v) is 3.24. The van der Waals surface area contributed by atoms with Gasteiger partial charge in [0.1, 0.15) is 12.0 Å². The number of ketones is 1. The average molecular weight is 442 g/mol. The quantitative estimate of drug-likeness (QED) is 0.252. The van der Waals surface area contributed by atoms with Gasteiger partial charge in [-0.3, -0.25) is 9.59 Å². The lowest BCUT2D eigenvalue weighted by molar-refractivity contribution is 0.101. The molecule has 33 heavy (non-hydrogen) atoms. The number of phenols is 1. The molecule has 0 aliphatic heterocycles. The number of aromatic nitrogens is 1. The van der Waals surface area contributed by atoms with Crippen LogP contribution in [0.25, 0.3) is 0 Å². The number of carbonyl (C=O) groups excluding carboxylic acids is 2. The molecule has 1 aromatic heterocycles. The molecule has 1 amide bonds. The minimum absolute atomic E-state index is 0.0909. The number of nitrogens with zero attached hydrogens (tertiary/aromatic N) is 1. The predicted octanol–water partition coefficient (Wildman–Crippen LogP) is 3.69. The van der Waals surface area contributed by atoms with E-state index >= 15 is 0 Å². The Labute approximate surface area is 189 Å². The summed E-state index contributed by atoms with van der Waals surface area (Å²) in [6.07, 6.45) is 1.69. The first-order valence-corrected chi connectivity index (χ1v) is 10.2. The van der Waals surface area contributed by atoms with Crippen LogP contribution in [0.1, 0.15) is 43.9 Å². The zero-order valence-electron chi connectivity index (χ0n) is 17.6. The molecular weight excluding hydrogens is 420 g/mol. The van der Waals surface area contributed by atoms with Crippen LogP contribution in [0.3, 0.4) is 0 Å². The van der Waals surface area contributed by atoms with Gasteiger partial charge in [0.2, 0.25) is 5.89 Å². The van der Waals surface area contributed by atoms with Crippen molar-refractivity contribution in [3.8, 4) is 5.75 Å². The molecular formula is C25H22N4O4. The minimum Gasteiger partial charge on any atom is -0.508 e. The molecule has 3 aromatic carbocycles. The second-order valence-corrected chi connectivity index (χ2v) is 7.53. The lowest BCUT2D eigenvalue weighted by atomic mass is 10.0. The van der Waals surface area contributed by atoms with Crippen molar-refractivity contribution in [3.05, 3.63) is 107 Å². The summed E-state index contributed by atoms with van der Waals surface area (Å²) < 4.78 is 5.39. The molecule has 0 saturated carbocycles. The van der Waals surface area contributed by atoms with Gasteiger partial charge in [-0.25, -0.2) is 4.98 Å². The number of nitrogen functional groups attached to an aromatic ring is 1. The van der Waals surface area contributed by atoms with Gasteiger partial charge in [-0.1, -0.05) is 12.1 Å². The van der Waals surface area contributed by atoms with E-state index in [0.29, 0.717) is 28.9 Å². The number of hydrogen-bond donors (Lipinski definition) is 4. The van der Waals surface area contributed by atoms with Crippen LogP contribution in [0.4, 0.5) is 11.4 Å². The topological polar surface area (TPSA) is 144 Å². The fraction of sp³-hybridized carbons (Fsp3) is 0.0800. The highest BCUT2D eigenvalue weighted by atomic mass is 16.3. The molecule has 166 valence electrons. The molecule has 0 aliphatic rings. The minimum atomic E-state index is -0.547. The number of nitrogens with one attached hydrogen (secondary N) is 1. The van der Waals surface area contributed by atoms with Crippen LogP contribution in [0.5, 0.6) is 5.75 Å². The summed E-state index contributed by atoms with van der Waals surface area (Å²) >= 11 is 0. The first-order valence-electron chi connectivity index (χ1n) is 10.2. The molecule has 0 spiro atoms. The van der Waals surface area contributed by atoms with Crippen molar-refractivity contribution in [3.63, 3.8) is 0 Å². The molecule has 0 radical (unpaired) electrons. The van der Waals surface area contributed by atoms with Gasteiger partial charge in [0.05, 0.1) is 6.04 Å². The Hall–Kier alpha value is -4.43. The maximum atomic E-state index is 12.6. The number of nitrogens with two attached hydrogens (primary N) is 2. The van der Waals surface area contributed by atoms with Crippen LogP contribution >= 0.6 is 0 Å².